The van der Waals surface area contributed by atoms with Crippen LogP contribution in [0.5, 0.6) is 5.75 Å². The Labute approximate surface area is 165 Å². The molecule has 1 aromatic carbocycles. The third kappa shape index (κ3) is 4.16. The maximum Gasteiger partial charge on any atom is 0.152 e. The number of ether oxygens (including phenoxy) is 1. The van der Waals surface area contributed by atoms with Crippen LogP contribution in [0.4, 0.5) is 11.6 Å². The van der Waals surface area contributed by atoms with Crippen LogP contribution < -0.4 is 26.4 Å². The first-order chi connectivity index (χ1) is 13.6. The highest BCUT2D eigenvalue weighted by Crippen LogP contribution is 2.30. The van der Waals surface area contributed by atoms with Crippen molar-refractivity contribution in [2.45, 2.75) is 26.7 Å². The van der Waals surface area contributed by atoms with E-state index in [-0.39, 0.29) is 0 Å². The second-order valence-corrected chi connectivity index (χ2v) is 6.68. The SMILES string of the molecule is CCCN(N)c1ccc2c(N(N)CCC)nc(-c3ccc(OC)cc3)cc2n1. The van der Waals surface area contributed by atoms with Crippen LogP contribution in [-0.4, -0.2) is 30.2 Å². The zero-order valence-corrected chi connectivity index (χ0v) is 16.7. The zero-order chi connectivity index (χ0) is 20.1. The van der Waals surface area contributed by atoms with Crippen LogP contribution >= 0.6 is 0 Å². The first kappa shape index (κ1) is 19.9. The van der Waals surface area contributed by atoms with E-state index in [0.29, 0.717) is 12.4 Å². The summed E-state index contributed by atoms with van der Waals surface area (Å²) in [6, 6.07) is 13.7. The third-order valence-corrected chi connectivity index (χ3v) is 4.53. The number of hydrogen-bond acceptors (Lipinski definition) is 7. The number of fused-ring (bicyclic) bond motifs is 1. The summed E-state index contributed by atoms with van der Waals surface area (Å²) in [6.07, 6.45) is 1.87. The molecule has 0 fully saturated rings. The molecule has 0 radical (unpaired) electrons. The lowest BCUT2D eigenvalue weighted by Crippen LogP contribution is -2.33. The van der Waals surface area contributed by atoms with E-state index in [1.807, 2.05) is 42.5 Å². The Hall–Kier alpha value is -2.90. The van der Waals surface area contributed by atoms with Gasteiger partial charge in [-0.25, -0.2) is 21.7 Å². The van der Waals surface area contributed by atoms with Crippen molar-refractivity contribution in [1.82, 2.24) is 9.97 Å². The van der Waals surface area contributed by atoms with E-state index in [1.165, 1.54) is 0 Å². The summed E-state index contributed by atoms with van der Waals surface area (Å²) in [6.45, 7) is 5.61. The summed E-state index contributed by atoms with van der Waals surface area (Å²) in [5.41, 5.74) is 2.59. The van der Waals surface area contributed by atoms with Gasteiger partial charge in [-0.05, 0) is 55.3 Å². The number of benzene rings is 1. The molecule has 7 heteroatoms. The van der Waals surface area contributed by atoms with Crippen molar-refractivity contribution < 1.29 is 4.74 Å². The Kier molecular flexibility index (Phi) is 6.28. The number of methoxy groups -OCH3 is 1. The van der Waals surface area contributed by atoms with Crippen LogP contribution in [-0.2, 0) is 0 Å². The van der Waals surface area contributed by atoms with E-state index in [9.17, 15) is 0 Å². The normalized spacial score (nSPS) is 10.9. The monoisotopic (exact) mass is 380 g/mol. The molecular formula is C21H28N6O. The number of hydrogen-bond donors (Lipinski definition) is 2. The fraction of sp³-hybridized carbons (Fsp3) is 0.333. The number of pyridine rings is 2. The summed E-state index contributed by atoms with van der Waals surface area (Å²) in [7, 11) is 1.65. The molecular weight excluding hydrogens is 352 g/mol. The van der Waals surface area contributed by atoms with Crippen LogP contribution in [0.25, 0.3) is 22.2 Å². The van der Waals surface area contributed by atoms with E-state index in [4.69, 9.17) is 26.4 Å². The molecule has 148 valence electrons. The second-order valence-electron chi connectivity index (χ2n) is 6.68. The van der Waals surface area contributed by atoms with E-state index in [0.717, 1.165) is 53.1 Å². The van der Waals surface area contributed by atoms with Crippen LogP contribution in [0, 0.1) is 0 Å². The van der Waals surface area contributed by atoms with Crippen LogP contribution in [0.15, 0.2) is 42.5 Å². The number of anilines is 2. The molecule has 28 heavy (non-hydrogen) atoms. The maximum atomic E-state index is 6.30. The van der Waals surface area contributed by atoms with Gasteiger partial charge < -0.3 is 4.74 Å². The number of nitrogens with two attached hydrogens (primary N) is 2. The van der Waals surface area contributed by atoms with Gasteiger partial charge in [0.1, 0.15) is 11.6 Å². The van der Waals surface area contributed by atoms with Gasteiger partial charge >= 0.3 is 0 Å². The van der Waals surface area contributed by atoms with Crippen molar-refractivity contribution in [1.29, 1.82) is 0 Å². The molecule has 0 amide bonds. The Morgan fingerprint density at radius 3 is 2.21 bits per heavy atom. The van der Waals surface area contributed by atoms with Gasteiger partial charge in [0.25, 0.3) is 0 Å². The van der Waals surface area contributed by atoms with Crippen molar-refractivity contribution >= 4 is 22.5 Å². The maximum absolute atomic E-state index is 6.30. The van der Waals surface area contributed by atoms with Crippen molar-refractivity contribution in [2.75, 3.05) is 30.2 Å². The molecule has 7 nitrogen and oxygen atoms in total. The molecule has 0 saturated carbocycles. The number of rotatable bonds is 8. The van der Waals surface area contributed by atoms with Gasteiger partial charge in [0, 0.05) is 24.0 Å². The van der Waals surface area contributed by atoms with Crippen LogP contribution in [0.1, 0.15) is 26.7 Å². The van der Waals surface area contributed by atoms with Crippen LogP contribution in [0.3, 0.4) is 0 Å². The molecule has 0 aliphatic heterocycles. The fourth-order valence-electron chi connectivity index (χ4n) is 3.09. The molecule has 0 spiro atoms. The molecule has 3 rings (SSSR count). The zero-order valence-electron chi connectivity index (χ0n) is 16.7. The van der Waals surface area contributed by atoms with E-state index >= 15 is 0 Å². The summed E-state index contributed by atoms with van der Waals surface area (Å²) in [5.74, 6) is 14.7. The lowest BCUT2D eigenvalue weighted by atomic mass is 10.1. The number of aromatic nitrogens is 2. The Morgan fingerprint density at radius 2 is 1.57 bits per heavy atom. The predicted molar refractivity (Wildman–Crippen MR) is 115 cm³/mol. The van der Waals surface area contributed by atoms with Crippen molar-refractivity contribution in [3.05, 3.63) is 42.5 Å². The quantitative estimate of drug-likeness (QED) is 0.456. The van der Waals surface area contributed by atoms with Gasteiger partial charge in [-0.1, -0.05) is 13.8 Å². The van der Waals surface area contributed by atoms with E-state index in [2.05, 4.69) is 13.8 Å². The summed E-state index contributed by atoms with van der Waals surface area (Å²) in [4.78, 5) is 9.60. The molecule has 0 saturated heterocycles. The number of nitrogens with zero attached hydrogens (tertiary/aromatic N) is 4. The minimum Gasteiger partial charge on any atom is -0.497 e. The van der Waals surface area contributed by atoms with E-state index in [1.54, 1.807) is 17.1 Å². The summed E-state index contributed by atoms with van der Waals surface area (Å²) in [5, 5.41) is 4.25. The van der Waals surface area contributed by atoms with Gasteiger partial charge in [0.05, 0.1) is 18.3 Å². The average molecular weight is 380 g/mol. The van der Waals surface area contributed by atoms with Crippen molar-refractivity contribution in [3.63, 3.8) is 0 Å². The molecule has 2 aromatic heterocycles. The minimum absolute atomic E-state index is 0.703. The molecule has 3 aromatic rings. The largest absolute Gasteiger partial charge is 0.497 e. The number of hydrazine groups is 2. The highest BCUT2D eigenvalue weighted by Gasteiger charge is 2.14. The molecule has 0 aliphatic carbocycles. The highest BCUT2D eigenvalue weighted by atomic mass is 16.5. The Morgan fingerprint density at radius 1 is 0.893 bits per heavy atom. The van der Waals surface area contributed by atoms with Gasteiger partial charge in [-0.2, -0.15) is 0 Å². The third-order valence-electron chi connectivity index (χ3n) is 4.53. The molecule has 2 heterocycles. The molecule has 0 aliphatic rings. The van der Waals surface area contributed by atoms with Gasteiger partial charge in [0.2, 0.25) is 0 Å². The Balaban J connectivity index is 2.14. The average Bonchev–Trinajstić information content (AvgIpc) is 2.73. The highest BCUT2D eigenvalue weighted by molar-refractivity contribution is 5.93. The molecule has 0 atom stereocenters. The standard InChI is InChI=1S/C21H28N6O/c1-4-12-26(22)20-11-10-17-19(24-20)14-18(25-21(17)27(23)13-5-2)15-6-8-16(28-3)9-7-15/h6-11,14H,4-5,12-13,22-23H2,1-3H3. The second kappa shape index (κ2) is 8.86. The predicted octanol–water partition coefficient (Wildman–Crippen LogP) is 3.49. The first-order valence-corrected chi connectivity index (χ1v) is 9.58. The minimum atomic E-state index is 0.703. The lowest BCUT2D eigenvalue weighted by Gasteiger charge is -2.21. The van der Waals surface area contributed by atoms with Crippen LogP contribution in [0.2, 0.25) is 0 Å². The smallest absolute Gasteiger partial charge is 0.152 e. The van der Waals surface area contributed by atoms with Crippen molar-refractivity contribution in [3.8, 4) is 17.0 Å². The molecule has 4 N–H and O–H groups in total. The molecule has 0 bridgehead atoms. The van der Waals surface area contributed by atoms with Gasteiger partial charge in [-0.3, -0.25) is 10.0 Å². The van der Waals surface area contributed by atoms with Crippen molar-refractivity contribution in [2.24, 2.45) is 11.7 Å². The fourth-order valence-corrected chi connectivity index (χ4v) is 3.09. The Bertz CT molecular complexity index is 928. The van der Waals surface area contributed by atoms with Gasteiger partial charge in [-0.15, -0.1) is 0 Å². The van der Waals surface area contributed by atoms with Gasteiger partial charge in [0.15, 0.2) is 5.82 Å². The summed E-state index contributed by atoms with van der Waals surface area (Å²) < 4.78 is 5.25. The topological polar surface area (TPSA) is 93.5 Å². The lowest BCUT2D eigenvalue weighted by molar-refractivity contribution is 0.415. The van der Waals surface area contributed by atoms with E-state index < -0.39 is 0 Å². The summed E-state index contributed by atoms with van der Waals surface area (Å²) >= 11 is 0. The first-order valence-electron chi connectivity index (χ1n) is 9.58. The molecule has 0 unspecified atom stereocenters.